The molecule has 0 N–H and O–H groups in total. The monoisotopic (exact) mass is 424 g/mol. The van der Waals surface area contributed by atoms with E-state index in [1.807, 2.05) is 66.7 Å². The van der Waals surface area contributed by atoms with E-state index in [2.05, 4.69) is 16.3 Å². The number of benzene rings is 2. The summed E-state index contributed by atoms with van der Waals surface area (Å²) in [6.45, 7) is 0. The maximum absolute atomic E-state index is 4.26. The fraction of sp³-hybridized carbons (Fsp3) is 0. The molecule has 1 heterocycles. The quantitative estimate of drug-likeness (QED) is 0.589. The Kier molecular flexibility index (Phi) is 4.56. The van der Waals surface area contributed by atoms with Crippen molar-refractivity contribution in [1.82, 2.24) is 10.2 Å². The molecule has 0 saturated carbocycles. The van der Waals surface area contributed by atoms with Crippen molar-refractivity contribution < 1.29 is 20.1 Å². The van der Waals surface area contributed by atoms with Crippen molar-refractivity contribution in [2.45, 2.75) is 0 Å². The number of hydrogen-bond donors (Lipinski definition) is 0. The summed E-state index contributed by atoms with van der Waals surface area (Å²) >= 11 is 0. The first kappa shape index (κ1) is 13.6. The Labute approximate surface area is 125 Å². The van der Waals surface area contributed by atoms with Crippen LogP contribution in [0.2, 0.25) is 0 Å². The Bertz CT molecular complexity index is 563. The largest absolute Gasteiger partial charge is 0.200 e. The predicted molar refractivity (Wildman–Crippen MR) is 71.7 cm³/mol. The van der Waals surface area contributed by atoms with Gasteiger partial charge >= 0.3 is 0 Å². The van der Waals surface area contributed by atoms with Gasteiger partial charge < -0.3 is 0 Å². The van der Waals surface area contributed by atoms with Gasteiger partial charge in [-0.25, -0.2) is 5.10 Å². The van der Waals surface area contributed by atoms with Crippen LogP contribution in [-0.4, -0.2) is 10.2 Å². The van der Waals surface area contributed by atoms with Crippen LogP contribution in [0, 0.1) is 6.07 Å². The summed E-state index contributed by atoms with van der Waals surface area (Å²) in [6.07, 6.45) is 0. The van der Waals surface area contributed by atoms with Crippen molar-refractivity contribution in [2.75, 3.05) is 0 Å². The molecular formula is C16H11IrN2-. The summed E-state index contributed by atoms with van der Waals surface area (Å²) < 4.78 is 0. The molecule has 3 aromatic rings. The Balaban J connectivity index is 0.00000133. The predicted octanol–water partition coefficient (Wildman–Crippen LogP) is 3.61. The van der Waals surface area contributed by atoms with Crippen LogP contribution in [0.15, 0.2) is 66.7 Å². The smallest absolute Gasteiger partial charge is 0.0912 e. The molecule has 1 aromatic heterocycles. The standard InChI is InChI=1S/C16H11N2.Ir/c1-3-7-13(8-4-1)15-11-12-16(18-17-15)14-9-5-2-6-10-14;/h1-9,11-12H;/q-1;. The van der Waals surface area contributed by atoms with Gasteiger partial charge in [0, 0.05) is 31.4 Å². The minimum absolute atomic E-state index is 0. The van der Waals surface area contributed by atoms with Crippen LogP contribution in [0.3, 0.4) is 0 Å². The zero-order valence-corrected chi connectivity index (χ0v) is 12.5. The maximum atomic E-state index is 4.26. The third-order valence-corrected chi connectivity index (χ3v) is 2.72. The van der Waals surface area contributed by atoms with Gasteiger partial charge in [0.15, 0.2) is 0 Å². The molecule has 19 heavy (non-hydrogen) atoms. The molecule has 0 spiro atoms. The second-order valence-electron chi connectivity index (χ2n) is 3.95. The normalized spacial score (nSPS) is 9.68. The van der Waals surface area contributed by atoms with E-state index in [-0.39, 0.29) is 20.1 Å². The average molecular weight is 423 g/mol. The molecule has 0 amide bonds. The van der Waals surface area contributed by atoms with E-state index in [1.165, 1.54) is 0 Å². The average Bonchev–Trinajstić information content (AvgIpc) is 2.49. The molecule has 3 rings (SSSR count). The Morgan fingerprint density at radius 3 is 2.00 bits per heavy atom. The Hall–Kier alpha value is -1.83. The van der Waals surface area contributed by atoms with Crippen LogP contribution in [0.4, 0.5) is 0 Å². The van der Waals surface area contributed by atoms with E-state index in [9.17, 15) is 0 Å². The Morgan fingerprint density at radius 2 is 1.37 bits per heavy atom. The number of hydrogen-bond acceptors (Lipinski definition) is 2. The van der Waals surface area contributed by atoms with Gasteiger partial charge in [0.25, 0.3) is 0 Å². The summed E-state index contributed by atoms with van der Waals surface area (Å²) in [4.78, 5) is 0. The zero-order chi connectivity index (χ0) is 12.2. The second kappa shape index (κ2) is 6.37. The van der Waals surface area contributed by atoms with Crippen molar-refractivity contribution in [1.29, 1.82) is 0 Å². The second-order valence-corrected chi connectivity index (χ2v) is 3.95. The molecule has 0 saturated heterocycles. The third kappa shape index (κ3) is 3.14. The molecule has 0 atom stereocenters. The molecule has 1 radical (unpaired) electrons. The van der Waals surface area contributed by atoms with Crippen LogP contribution in [-0.2, 0) is 20.1 Å². The van der Waals surface area contributed by atoms with Crippen LogP contribution in [0.5, 0.6) is 0 Å². The molecule has 0 aliphatic heterocycles. The first-order valence-electron chi connectivity index (χ1n) is 5.80. The molecular weight excluding hydrogens is 412 g/mol. The fourth-order valence-corrected chi connectivity index (χ4v) is 1.79. The number of rotatable bonds is 2. The molecule has 0 fully saturated rings. The summed E-state index contributed by atoms with van der Waals surface area (Å²) in [7, 11) is 0. The Morgan fingerprint density at radius 1 is 0.684 bits per heavy atom. The van der Waals surface area contributed by atoms with Gasteiger partial charge in [-0.3, -0.25) is 0 Å². The van der Waals surface area contributed by atoms with Crippen LogP contribution < -0.4 is 0 Å². The number of nitrogens with zero attached hydrogens (tertiary/aromatic N) is 2. The summed E-state index contributed by atoms with van der Waals surface area (Å²) in [6, 6.07) is 24.9. The van der Waals surface area contributed by atoms with Crippen molar-refractivity contribution >= 4 is 0 Å². The van der Waals surface area contributed by atoms with E-state index < -0.39 is 0 Å². The topological polar surface area (TPSA) is 25.8 Å². The van der Waals surface area contributed by atoms with E-state index in [0.29, 0.717) is 0 Å². The van der Waals surface area contributed by atoms with Gasteiger partial charge in [-0.15, -0.1) is 35.9 Å². The molecule has 0 bridgehead atoms. The molecule has 95 valence electrons. The fourth-order valence-electron chi connectivity index (χ4n) is 1.79. The minimum Gasteiger partial charge on any atom is -0.200 e. The SMILES string of the molecule is [Ir].[c-]1ccccc1-c1ccc(-c2ccccc2)nn1. The first-order chi connectivity index (χ1) is 8.93. The molecule has 0 aliphatic carbocycles. The van der Waals surface area contributed by atoms with E-state index >= 15 is 0 Å². The van der Waals surface area contributed by atoms with Gasteiger partial charge in [0.1, 0.15) is 0 Å². The summed E-state index contributed by atoms with van der Waals surface area (Å²) in [5, 5.41) is 8.50. The van der Waals surface area contributed by atoms with Crippen molar-refractivity contribution in [3.8, 4) is 22.5 Å². The summed E-state index contributed by atoms with van der Waals surface area (Å²) in [5.41, 5.74) is 3.77. The minimum atomic E-state index is 0. The van der Waals surface area contributed by atoms with Gasteiger partial charge in [-0.2, -0.15) is 5.10 Å². The molecule has 2 nitrogen and oxygen atoms in total. The number of aromatic nitrogens is 2. The van der Waals surface area contributed by atoms with Gasteiger partial charge in [-0.1, -0.05) is 36.4 Å². The van der Waals surface area contributed by atoms with E-state index in [4.69, 9.17) is 0 Å². The van der Waals surface area contributed by atoms with Crippen LogP contribution in [0.1, 0.15) is 0 Å². The van der Waals surface area contributed by atoms with Crippen LogP contribution >= 0.6 is 0 Å². The van der Waals surface area contributed by atoms with E-state index in [1.54, 1.807) is 0 Å². The van der Waals surface area contributed by atoms with Gasteiger partial charge in [-0.05, 0) is 6.07 Å². The molecule has 0 aliphatic rings. The third-order valence-electron chi connectivity index (χ3n) is 2.72. The van der Waals surface area contributed by atoms with E-state index in [0.717, 1.165) is 22.5 Å². The van der Waals surface area contributed by atoms with Crippen molar-refractivity contribution in [3.05, 3.63) is 72.8 Å². The summed E-state index contributed by atoms with van der Waals surface area (Å²) in [5.74, 6) is 0. The first-order valence-corrected chi connectivity index (χ1v) is 5.80. The van der Waals surface area contributed by atoms with Crippen LogP contribution in [0.25, 0.3) is 22.5 Å². The molecule has 0 unspecified atom stereocenters. The molecule has 2 aromatic carbocycles. The van der Waals surface area contributed by atoms with Gasteiger partial charge in [0.2, 0.25) is 0 Å². The maximum Gasteiger partial charge on any atom is 0.0912 e. The van der Waals surface area contributed by atoms with Crippen molar-refractivity contribution in [3.63, 3.8) is 0 Å². The van der Waals surface area contributed by atoms with Gasteiger partial charge in [0.05, 0.1) is 5.69 Å². The zero-order valence-electron chi connectivity index (χ0n) is 10.1. The van der Waals surface area contributed by atoms with Crippen molar-refractivity contribution in [2.24, 2.45) is 0 Å². The molecule has 3 heteroatoms.